The Labute approximate surface area is 105 Å². The first-order valence-corrected chi connectivity index (χ1v) is 5.63. The summed E-state index contributed by atoms with van der Waals surface area (Å²) in [5.41, 5.74) is 1.44. The van der Waals surface area contributed by atoms with Crippen molar-refractivity contribution in [2.45, 2.75) is 13.0 Å². The lowest BCUT2D eigenvalue weighted by molar-refractivity contribution is 0.112. The fourth-order valence-corrected chi connectivity index (χ4v) is 1.67. The molecule has 18 heavy (non-hydrogen) atoms. The highest BCUT2D eigenvalue weighted by Crippen LogP contribution is 2.19. The Morgan fingerprint density at radius 1 is 1.28 bits per heavy atom. The van der Waals surface area contributed by atoms with E-state index in [0.29, 0.717) is 11.4 Å². The standard InChI is InChI=1S/C14H13FN2O/c1-10(11-4-6-13(15)7-5-11)17-14-12(9-18)3-2-8-16-14/h2-10H,1H3,(H,16,17). The Kier molecular flexibility index (Phi) is 3.67. The Hall–Kier alpha value is -2.23. The lowest BCUT2D eigenvalue weighted by Gasteiger charge is -2.15. The molecule has 1 atom stereocenters. The minimum Gasteiger partial charge on any atom is -0.363 e. The van der Waals surface area contributed by atoms with Gasteiger partial charge in [-0.15, -0.1) is 0 Å². The quantitative estimate of drug-likeness (QED) is 0.840. The molecule has 1 aromatic heterocycles. The van der Waals surface area contributed by atoms with Crippen LogP contribution in [0.2, 0.25) is 0 Å². The number of aromatic nitrogens is 1. The first kappa shape index (κ1) is 12.2. The summed E-state index contributed by atoms with van der Waals surface area (Å²) in [5.74, 6) is 0.265. The molecule has 0 saturated heterocycles. The molecule has 3 nitrogen and oxygen atoms in total. The number of aldehydes is 1. The largest absolute Gasteiger partial charge is 0.363 e. The number of pyridine rings is 1. The van der Waals surface area contributed by atoms with Gasteiger partial charge >= 0.3 is 0 Å². The summed E-state index contributed by atoms with van der Waals surface area (Å²) < 4.78 is 12.8. The van der Waals surface area contributed by atoms with Crippen LogP contribution in [0, 0.1) is 5.82 Å². The van der Waals surface area contributed by atoms with E-state index in [1.54, 1.807) is 30.5 Å². The summed E-state index contributed by atoms with van der Waals surface area (Å²) in [5, 5.41) is 3.13. The van der Waals surface area contributed by atoms with Crippen LogP contribution in [0.4, 0.5) is 10.2 Å². The van der Waals surface area contributed by atoms with E-state index in [0.717, 1.165) is 11.8 Å². The molecule has 0 bridgehead atoms. The zero-order valence-electron chi connectivity index (χ0n) is 9.93. The Balaban J connectivity index is 2.18. The van der Waals surface area contributed by atoms with Crippen LogP contribution in [0.3, 0.4) is 0 Å². The van der Waals surface area contributed by atoms with Crippen LogP contribution in [0.5, 0.6) is 0 Å². The fourth-order valence-electron chi connectivity index (χ4n) is 1.67. The van der Waals surface area contributed by atoms with Crippen molar-refractivity contribution < 1.29 is 9.18 Å². The number of rotatable bonds is 4. The molecule has 1 N–H and O–H groups in total. The van der Waals surface area contributed by atoms with Gasteiger partial charge in [0, 0.05) is 12.2 Å². The van der Waals surface area contributed by atoms with Gasteiger partial charge in [0.2, 0.25) is 0 Å². The highest BCUT2D eigenvalue weighted by atomic mass is 19.1. The van der Waals surface area contributed by atoms with E-state index < -0.39 is 0 Å². The van der Waals surface area contributed by atoms with Gasteiger partial charge in [-0.2, -0.15) is 0 Å². The van der Waals surface area contributed by atoms with E-state index in [2.05, 4.69) is 10.3 Å². The van der Waals surface area contributed by atoms with Gasteiger partial charge in [0.15, 0.2) is 6.29 Å². The van der Waals surface area contributed by atoms with Gasteiger partial charge < -0.3 is 5.32 Å². The van der Waals surface area contributed by atoms with Gasteiger partial charge in [-0.3, -0.25) is 4.79 Å². The predicted octanol–water partition coefficient (Wildman–Crippen LogP) is 3.21. The number of hydrogen-bond donors (Lipinski definition) is 1. The molecule has 1 heterocycles. The Bertz CT molecular complexity index is 540. The molecule has 0 fully saturated rings. The summed E-state index contributed by atoms with van der Waals surface area (Å²) in [6.45, 7) is 1.93. The summed E-state index contributed by atoms with van der Waals surface area (Å²) in [6, 6.07) is 9.57. The van der Waals surface area contributed by atoms with Crippen LogP contribution in [0.25, 0.3) is 0 Å². The third-order valence-electron chi connectivity index (χ3n) is 2.69. The molecule has 2 aromatic rings. The lowest BCUT2D eigenvalue weighted by atomic mass is 10.1. The molecule has 1 unspecified atom stereocenters. The van der Waals surface area contributed by atoms with Crippen molar-refractivity contribution >= 4 is 12.1 Å². The number of hydrogen-bond acceptors (Lipinski definition) is 3. The Morgan fingerprint density at radius 3 is 2.67 bits per heavy atom. The molecule has 0 saturated carbocycles. The third-order valence-corrected chi connectivity index (χ3v) is 2.69. The van der Waals surface area contributed by atoms with Crippen molar-refractivity contribution in [3.05, 3.63) is 59.5 Å². The summed E-state index contributed by atoms with van der Waals surface area (Å²) in [4.78, 5) is 15.0. The molecular weight excluding hydrogens is 231 g/mol. The summed E-state index contributed by atoms with van der Waals surface area (Å²) >= 11 is 0. The molecule has 0 aliphatic rings. The number of halogens is 1. The molecule has 92 valence electrons. The van der Waals surface area contributed by atoms with Crippen LogP contribution < -0.4 is 5.32 Å². The van der Waals surface area contributed by atoms with Crippen LogP contribution in [0.15, 0.2) is 42.6 Å². The highest BCUT2D eigenvalue weighted by molar-refractivity contribution is 5.82. The van der Waals surface area contributed by atoms with Crippen LogP contribution in [-0.4, -0.2) is 11.3 Å². The maximum Gasteiger partial charge on any atom is 0.153 e. The average molecular weight is 244 g/mol. The summed E-state index contributed by atoms with van der Waals surface area (Å²) in [7, 11) is 0. The average Bonchev–Trinajstić information content (AvgIpc) is 2.40. The van der Waals surface area contributed by atoms with Gasteiger partial charge in [-0.05, 0) is 36.8 Å². The second-order valence-corrected chi connectivity index (χ2v) is 3.98. The predicted molar refractivity (Wildman–Crippen MR) is 68.1 cm³/mol. The van der Waals surface area contributed by atoms with Gasteiger partial charge in [0.1, 0.15) is 11.6 Å². The zero-order valence-corrected chi connectivity index (χ0v) is 9.93. The van der Waals surface area contributed by atoms with Crippen molar-refractivity contribution in [1.82, 2.24) is 4.98 Å². The smallest absolute Gasteiger partial charge is 0.153 e. The SMILES string of the molecule is CC(Nc1ncccc1C=O)c1ccc(F)cc1. The maximum atomic E-state index is 12.8. The monoisotopic (exact) mass is 244 g/mol. The van der Waals surface area contributed by atoms with Crippen LogP contribution in [0.1, 0.15) is 28.9 Å². The maximum absolute atomic E-state index is 12.8. The molecular formula is C14H13FN2O. The fraction of sp³-hybridized carbons (Fsp3) is 0.143. The molecule has 4 heteroatoms. The second-order valence-electron chi connectivity index (χ2n) is 3.98. The number of nitrogens with zero attached hydrogens (tertiary/aromatic N) is 1. The van der Waals surface area contributed by atoms with E-state index in [9.17, 15) is 9.18 Å². The number of nitrogens with one attached hydrogen (secondary N) is 1. The van der Waals surface area contributed by atoms with Crippen LogP contribution >= 0.6 is 0 Å². The molecule has 0 aliphatic heterocycles. The first-order chi connectivity index (χ1) is 8.70. The van der Waals surface area contributed by atoms with E-state index in [1.165, 1.54) is 12.1 Å². The van der Waals surface area contributed by atoms with Gasteiger partial charge in [-0.25, -0.2) is 9.37 Å². The lowest BCUT2D eigenvalue weighted by Crippen LogP contribution is -2.09. The number of benzene rings is 1. The normalized spacial score (nSPS) is 11.9. The first-order valence-electron chi connectivity index (χ1n) is 5.63. The molecule has 1 aromatic carbocycles. The highest BCUT2D eigenvalue weighted by Gasteiger charge is 2.08. The van der Waals surface area contributed by atoms with Crippen molar-refractivity contribution in [1.29, 1.82) is 0 Å². The number of carbonyl (C=O) groups is 1. The molecule has 0 amide bonds. The van der Waals surface area contributed by atoms with E-state index in [4.69, 9.17) is 0 Å². The van der Waals surface area contributed by atoms with Crippen LogP contribution in [-0.2, 0) is 0 Å². The van der Waals surface area contributed by atoms with Gasteiger partial charge in [0.25, 0.3) is 0 Å². The van der Waals surface area contributed by atoms with Gasteiger partial charge in [-0.1, -0.05) is 12.1 Å². The minimum atomic E-state index is -0.266. The van der Waals surface area contributed by atoms with E-state index in [1.807, 2.05) is 6.92 Å². The molecule has 0 aliphatic carbocycles. The number of anilines is 1. The van der Waals surface area contributed by atoms with Crippen molar-refractivity contribution in [3.8, 4) is 0 Å². The Morgan fingerprint density at radius 2 is 2.00 bits per heavy atom. The molecule has 0 spiro atoms. The van der Waals surface area contributed by atoms with Crippen molar-refractivity contribution in [3.63, 3.8) is 0 Å². The van der Waals surface area contributed by atoms with E-state index >= 15 is 0 Å². The summed E-state index contributed by atoms with van der Waals surface area (Å²) in [6.07, 6.45) is 2.37. The second kappa shape index (κ2) is 5.40. The molecule has 2 rings (SSSR count). The third kappa shape index (κ3) is 2.71. The van der Waals surface area contributed by atoms with Crippen molar-refractivity contribution in [2.24, 2.45) is 0 Å². The zero-order chi connectivity index (χ0) is 13.0. The topological polar surface area (TPSA) is 42.0 Å². The minimum absolute atomic E-state index is 0.0563. The molecule has 0 radical (unpaired) electrons. The van der Waals surface area contributed by atoms with Gasteiger partial charge in [0.05, 0.1) is 5.56 Å². The van der Waals surface area contributed by atoms with Crippen molar-refractivity contribution in [2.75, 3.05) is 5.32 Å². The number of carbonyl (C=O) groups excluding carboxylic acids is 1. The van der Waals surface area contributed by atoms with E-state index in [-0.39, 0.29) is 11.9 Å².